The second-order valence-corrected chi connectivity index (χ2v) is 10.7. The van der Waals surface area contributed by atoms with Crippen molar-refractivity contribution in [3.63, 3.8) is 0 Å². The lowest BCUT2D eigenvalue weighted by molar-refractivity contribution is -0.124. The van der Waals surface area contributed by atoms with E-state index in [1.165, 1.54) is 9.80 Å². The van der Waals surface area contributed by atoms with Crippen molar-refractivity contribution in [1.82, 2.24) is 0 Å². The first-order valence-corrected chi connectivity index (χ1v) is 12.2. The van der Waals surface area contributed by atoms with E-state index in [9.17, 15) is 19.2 Å². The van der Waals surface area contributed by atoms with Crippen molar-refractivity contribution in [2.75, 3.05) is 9.80 Å². The highest BCUT2D eigenvalue weighted by molar-refractivity contribution is 6.29. The molecule has 2 saturated carbocycles. The third-order valence-electron chi connectivity index (χ3n) is 9.30. The summed E-state index contributed by atoms with van der Waals surface area (Å²) in [5, 5.41) is 1.42. The van der Waals surface area contributed by atoms with Crippen LogP contribution in [0.3, 0.4) is 0 Å². The Morgan fingerprint density at radius 2 is 0.824 bits per heavy atom. The topological polar surface area (TPSA) is 74.8 Å². The minimum absolute atomic E-state index is 0.129. The minimum Gasteiger partial charge on any atom is -0.274 e. The summed E-state index contributed by atoms with van der Waals surface area (Å²) in [5.41, 5.74) is 1.09. The van der Waals surface area contributed by atoms with Crippen LogP contribution in [0, 0.1) is 47.3 Å². The van der Waals surface area contributed by atoms with E-state index in [4.69, 9.17) is 0 Å². The highest BCUT2D eigenvalue weighted by Gasteiger charge is 2.61. The normalized spacial score (nSPS) is 38.8. The van der Waals surface area contributed by atoms with Crippen LogP contribution >= 0.6 is 0 Å². The Morgan fingerprint density at radius 1 is 0.500 bits per heavy atom. The smallest absolute Gasteiger partial charge is 0.238 e. The molecule has 0 N–H and O–H groups in total. The van der Waals surface area contributed by atoms with Gasteiger partial charge >= 0.3 is 0 Å². The number of hydrogen-bond acceptors (Lipinski definition) is 4. The van der Waals surface area contributed by atoms with Crippen LogP contribution in [0.4, 0.5) is 11.4 Å². The van der Waals surface area contributed by atoms with Gasteiger partial charge in [0.15, 0.2) is 0 Å². The number of fused-ring (bicyclic) bond motifs is 11. The molecule has 4 bridgehead atoms. The Morgan fingerprint density at radius 3 is 1.15 bits per heavy atom. The Kier molecular flexibility index (Phi) is 3.39. The predicted molar refractivity (Wildman–Crippen MR) is 124 cm³/mol. The first kappa shape index (κ1) is 18.8. The molecule has 168 valence electrons. The van der Waals surface area contributed by atoms with Crippen LogP contribution in [-0.2, 0) is 19.2 Å². The van der Waals surface area contributed by atoms with Crippen molar-refractivity contribution in [3.8, 4) is 0 Å². The van der Waals surface area contributed by atoms with Gasteiger partial charge < -0.3 is 0 Å². The number of allylic oxidation sites excluding steroid dienone is 4. The Bertz CT molecular complexity index is 1260. The van der Waals surface area contributed by atoms with Crippen molar-refractivity contribution < 1.29 is 19.2 Å². The van der Waals surface area contributed by atoms with Gasteiger partial charge in [0.05, 0.1) is 35.0 Å². The molecule has 2 heterocycles. The largest absolute Gasteiger partial charge is 0.274 e. The summed E-state index contributed by atoms with van der Waals surface area (Å²) >= 11 is 0. The number of carbonyl (C=O) groups excluding carboxylic acids is 4. The quantitative estimate of drug-likeness (QED) is 0.519. The van der Waals surface area contributed by atoms with Crippen molar-refractivity contribution in [3.05, 3.63) is 60.7 Å². The number of carbonyl (C=O) groups is 4. The van der Waals surface area contributed by atoms with E-state index in [0.29, 0.717) is 22.1 Å². The predicted octanol–water partition coefficient (Wildman–Crippen LogP) is 3.46. The van der Waals surface area contributed by atoms with Crippen molar-refractivity contribution in [2.45, 2.75) is 12.8 Å². The molecule has 34 heavy (non-hydrogen) atoms. The summed E-state index contributed by atoms with van der Waals surface area (Å²) in [4.78, 5) is 56.5. The van der Waals surface area contributed by atoms with Gasteiger partial charge in [-0.05, 0) is 48.6 Å². The number of rotatable bonds is 2. The first-order valence-electron chi connectivity index (χ1n) is 12.2. The summed E-state index contributed by atoms with van der Waals surface area (Å²) in [6, 6.07) is 10.9. The zero-order valence-electron chi connectivity index (χ0n) is 18.3. The fraction of sp³-hybridized carbons (Fsp3) is 0.357. The molecule has 4 fully saturated rings. The van der Waals surface area contributed by atoms with Crippen LogP contribution in [0.1, 0.15) is 12.8 Å². The molecule has 6 heteroatoms. The zero-order valence-corrected chi connectivity index (χ0v) is 18.3. The van der Waals surface area contributed by atoms with Crippen molar-refractivity contribution in [2.24, 2.45) is 47.3 Å². The summed E-state index contributed by atoms with van der Waals surface area (Å²) in [5.74, 6) is -1.04. The average molecular weight is 450 g/mol. The molecular weight excluding hydrogens is 428 g/mol. The van der Waals surface area contributed by atoms with Gasteiger partial charge in [-0.1, -0.05) is 48.6 Å². The Labute approximate surface area is 195 Å². The van der Waals surface area contributed by atoms with Crippen LogP contribution in [0.25, 0.3) is 10.8 Å². The van der Waals surface area contributed by atoms with E-state index in [0.717, 1.165) is 12.8 Å². The van der Waals surface area contributed by atoms with Crippen LogP contribution < -0.4 is 9.80 Å². The molecule has 0 radical (unpaired) electrons. The fourth-order valence-corrected chi connectivity index (χ4v) is 7.95. The molecule has 4 amide bonds. The van der Waals surface area contributed by atoms with E-state index >= 15 is 0 Å². The SMILES string of the molecule is O=C1[C@@H]2[C@@H](C(=O)N1c1cccc3c(N4C(=O)[C@@H]5[C@H](C4=O)[C@@H]4C=C[C@H]5C4)cccc13)[C@H]1C=C[C@@H]2C1. The highest BCUT2D eigenvalue weighted by atomic mass is 16.2. The average Bonchev–Trinajstić information content (AvgIpc) is 3.67. The molecule has 8 rings (SSSR count). The van der Waals surface area contributed by atoms with Gasteiger partial charge in [0.2, 0.25) is 23.6 Å². The van der Waals surface area contributed by atoms with Crippen molar-refractivity contribution >= 4 is 45.8 Å². The third-order valence-corrected chi connectivity index (χ3v) is 9.30. The van der Waals surface area contributed by atoms with Crippen LogP contribution in [0.5, 0.6) is 0 Å². The minimum atomic E-state index is -0.273. The second-order valence-electron chi connectivity index (χ2n) is 10.7. The Hall–Kier alpha value is -3.54. The lowest BCUT2D eigenvalue weighted by atomic mass is 9.85. The molecule has 6 aliphatic rings. The van der Waals surface area contributed by atoms with Gasteiger partial charge in [-0.15, -0.1) is 0 Å². The summed E-state index contributed by atoms with van der Waals surface area (Å²) in [6.07, 6.45) is 10.1. The summed E-state index contributed by atoms with van der Waals surface area (Å²) < 4.78 is 0. The standard InChI is InChI=1S/C28H22N2O4/c31-25-21-13-7-8-14(11-13)22(21)26(32)29(25)19-5-1-3-17-18(19)4-2-6-20(17)30-27(33)23-15-9-10-16(12-15)24(23)28(30)34/h1-10,13-16,21-24H,11-12H2/t13-,14+,15-,16+,21-,22-,23-,24+/m0/s1. The number of hydrogen-bond donors (Lipinski definition) is 0. The molecule has 2 aliphatic heterocycles. The third kappa shape index (κ3) is 2.04. The lowest BCUT2D eigenvalue weighted by Gasteiger charge is -2.22. The number of nitrogens with zero attached hydrogens (tertiary/aromatic N) is 2. The van der Waals surface area contributed by atoms with E-state index in [1.54, 1.807) is 24.3 Å². The highest BCUT2D eigenvalue weighted by Crippen LogP contribution is 2.55. The van der Waals surface area contributed by atoms with Gasteiger partial charge in [-0.25, -0.2) is 9.80 Å². The molecular formula is C28H22N2O4. The second kappa shape index (κ2) is 6.12. The van der Waals surface area contributed by atoms with Crippen LogP contribution in [0.15, 0.2) is 60.7 Å². The lowest BCUT2D eigenvalue weighted by Crippen LogP contribution is -2.34. The van der Waals surface area contributed by atoms with E-state index < -0.39 is 0 Å². The number of benzene rings is 2. The molecule has 2 aromatic carbocycles. The van der Waals surface area contributed by atoms with Gasteiger partial charge in [-0.3, -0.25) is 19.2 Å². The summed E-state index contributed by atoms with van der Waals surface area (Å²) in [7, 11) is 0. The maximum absolute atomic E-state index is 13.4. The molecule has 2 saturated heterocycles. The first-order chi connectivity index (χ1) is 16.5. The van der Waals surface area contributed by atoms with E-state index in [-0.39, 0.29) is 71.0 Å². The maximum Gasteiger partial charge on any atom is 0.238 e. The molecule has 0 aromatic heterocycles. The van der Waals surface area contributed by atoms with Crippen LogP contribution in [-0.4, -0.2) is 23.6 Å². The van der Waals surface area contributed by atoms with Gasteiger partial charge in [0.1, 0.15) is 0 Å². The maximum atomic E-state index is 13.4. The van der Waals surface area contributed by atoms with Gasteiger partial charge in [0, 0.05) is 10.8 Å². The molecule has 0 unspecified atom stereocenters. The van der Waals surface area contributed by atoms with Gasteiger partial charge in [0.25, 0.3) is 0 Å². The number of anilines is 2. The number of amides is 4. The zero-order chi connectivity index (χ0) is 22.9. The van der Waals surface area contributed by atoms with Crippen LogP contribution in [0.2, 0.25) is 0 Å². The molecule has 0 spiro atoms. The molecule has 4 aliphatic carbocycles. The molecule has 6 nitrogen and oxygen atoms in total. The van der Waals surface area contributed by atoms with E-state index in [1.807, 2.05) is 12.1 Å². The van der Waals surface area contributed by atoms with E-state index in [2.05, 4.69) is 24.3 Å². The van der Waals surface area contributed by atoms with Gasteiger partial charge in [-0.2, -0.15) is 0 Å². The molecule has 2 aromatic rings. The van der Waals surface area contributed by atoms with Crippen molar-refractivity contribution in [1.29, 1.82) is 0 Å². The Balaban J connectivity index is 1.24. The fourth-order valence-electron chi connectivity index (χ4n) is 7.95. The summed E-state index contributed by atoms with van der Waals surface area (Å²) in [6.45, 7) is 0. The monoisotopic (exact) mass is 450 g/mol. The molecule has 8 atom stereocenters. The number of imide groups is 2.